The summed E-state index contributed by atoms with van der Waals surface area (Å²) in [6.07, 6.45) is 4.53. The highest BCUT2D eigenvalue weighted by Crippen LogP contribution is 2.40. The summed E-state index contributed by atoms with van der Waals surface area (Å²) in [6.45, 7) is 10.5. The highest BCUT2D eigenvalue weighted by Gasteiger charge is 2.51. The Morgan fingerprint density at radius 1 is 1.00 bits per heavy atom. The van der Waals surface area contributed by atoms with Crippen molar-refractivity contribution in [1.82, 2.24) is 0 Å². The fourth-order valence-corrected chi connectivity index (χ4v) is 4.97. The van der Waals surface area contributed by atoms with Gasteiger partial charge in [-0.1, -0.05) is 29.8 Å². The van der Waals surface area contributed by atoms with Gasteiger partial charge < -0.3 is 0 Å². The monoisotopic (exact) mass is 236 g/mol. The van der Waals surface area contributed by atoms with Crippen LogP contribution in [-0.4, -0.2) is 13.1 Å². The Morgan fingerprint density at radius 3 is 1.43 bits per heavy atom. The maximum absolute atomic E-state index is 13.3. The van der Waals surface area contributed by atoms with E-state index in [9.17, 15) is 8.78 Å². The van der Waals surface area contributed by atoms with Crippen LogP contribution >= 0.6 is 11.6 Å². The topological polar surface area (TPSA) is 0 Å². The second-order valence-corrected chi connectivity index (χ2v) is 8.46. The average Bonchev–Trinajstić information content (AvgIpc) is 2.03. The molecule has 0 aliphatic rings. The van der Waals surface area contributed by atoms with Crippen LogP contribution in [0.25, 0.3) is 0 Å². The smallest absolute Gasteiger partial charge is 0.194 e. The zero-order chi connectivity index (χ0) is 11.2. The average molecular weight is 237 g/mol. The second-order valence-electron chi connectivity index (χ2n) is 3.26. The van der Waals surface area contributed by atoms with Gasteiger partial charge in [-0.3, -0.25) is 0 Å². The maximum Gasteiger partial charge on any atom is 0.300 e. The quantitative estimate of drug-likeness (QED) is 0.350. The first-order chi connectivity index (χ1) is 6.43. The van der Waals surface area contributed by atoms with E-state index in [1.54, 1.807) is 0 Å². The molecular weight excluding hydrogens is 222 g/mol. The van der Waals surface area contributed by atoms with E-state index in [-0.39, 0.29) is 18.1 Å². The molecule has 0 unspecified atom stereocenters. The Labute approximate surface area is 90.0 Å². The normalized spacial score (nSPS) is 12.2. The van der Waals surface area contributed by atoms with E-state index in [4.69, 9.17) is 11.6 Å². The molecule has 4 heteroatoms. The molecule has 0 aliphatic carbocycles. The predicted octanol–water partition coefficient (Wildman–Crippen LogP) is 4.36. The van der Waals surface area contributed by atoms with Gasteiger partial charge in [-0.2, -0.15) is 8.78 Å². The van der Waals surface area contributed by atoms with Crippen molar-refractivity contribution in [3.63, 3.8) is 0 Å². The van der Waals surface area contributed by atoms with Gasteiger partial charge in [0.2, 0.25) is 0 Å². The van der Waals surface area contributed by atoms with E-state index >= 15 is 0 Å². The molecule has 80 valence electrons. The summed E-state index contributed by atoms with van der Waals surface area (Å²) in [7, 11) is -2.92. The SMILES string of the molecule is C=CC[Si](CC=C)(CC=C)C(F)(F)Cl. The lowest BCUT2D eigenvalue weighted by Gasteiger charge is -2.32. The highest BCUT2D eigenvalue weighted by atomic mass is 35.5. The van der Waals surface area contributed by atoms with Crippen LogP contribution in [0.2, 0.25) is 18.1 Å². The highest BCUT2D eigenvalue weighted by molar-refractivity contribution is 6.88. The third-order valence-corrected chi connectivity index (χ3v) is 7.82. The summed E-state index contributed by atoms with van der Waals surface area (Å²) in [6, 6.07) is 0.838. The van der Waals surface area contributed by atoms with Crippen molar-refractivity contribution in [3.8, 4) is 0 Å². The van der Waals surface area contributed by atoms with E-state index in [1.807, 2.05) is 0 Å². The van der Waals surface area contributed by atoms with Crippen molar-refractivity contribution in [1.29, 1.82) is 0 Å². The van der Waals surface area contributed by atoms with Gasteiger partial charge in [-0.05, 0) is 18.1 Å². The van der Waals surface area contributed by atoms with Crippen molar-refractivity contribution in [2.75, 3.05) is 0 Å². The van der Waals surface area contributed by atoms with Crippen LogP contribution in [0.4, 0.5) is 8.78 Å². The molecule has 0 amide bonds. The summed E-state index contributed by atoms with van der Waals surface area (Å²) in [5, 5.41) is -3.14. The second kappa shape index (κ2) is 5.46. The predicted molar refractivity (Wildman–Crippen MR) is 61.6 cm³/mol. The van der Waals surface area contributed by atoms with E-state index in [2.05, 4.69) is 19.7 Å². The third kappa shape index (κ3) is 3.06. The van der Waals surface area contributed by atoms with E-state index in [0.717, 1.165) is 0 Å². The summed E-state index contributed by atoms with van der Waals surface area (Å²) in [5.74, 6) is 0. The Morgan fingerprint density at radius 2 is 1.29 bits per heavy atom. The molecule has 0 fully saturated rings. The molecule has 0 aromatic rings. The Hall–Kier alpha value is -0.413. The minimum atomic E-state index is -3.14. The third-order valence-electron chi connectivity index (χ3n) is 2.21. The summed E-state index contributed by atoms with van der Waals surface area (Å²) in [4.78, 5) is 0. The van der Waals surface area contributed by atoms with E-state index < -0.39 is 13.1 Å². The number of alkyl halides is 3. The first-order valence-corrected chi connectivity index (χ1v) is 7.33. The molecule has 0 atom stereocenters. The van der Waals surface area contributed by atoms with Gasteiger partial charge >= 0.3 is 0 Å². The standard InChI is InChI=1S/C10H15ClF2Si/c1-4-7-14(8-5-2,9-6-3)10(11,12)13/h4-6H,1-3,7-9H2. The number of allylic oxidation sites excluding steroid dienone is 3. The molecule has 0 nitrogen and oxygen atoms in total. The van der Waals surface area contributed by atoms with Crippen molar-refractivity contribution in [2.24, 2.45) is 0 Å². The molecule has 0 aromatic carbocycles. The molecule has 0 aliphatic heterocycles. The maximum atomic E-state index is 13.3. The van der Waals surface area contributed by atoms with E-state index in [0.29, 0.717) is 0 Å². The lowest BCUT2D eigenvalue weighted by atomic mass is 10.7. The van der Waals surface area contributed by atoms with Gasteiger partial charge in [-0.25, -0.2) is 0 Å². The summed E-state index contributed by atoms with van der Waals surface area (Å²) < 4.78 is 26.6. The van der Waals surface area contributed by atoms with Gasteiger partial charge in [0.15, 0.2) is 8.07 Å². The van der Waals surface area contributed by atoms with Gasteiger partial charge in [-0.15, -0.1) is 19.7 Å². The van der Waals surface area contributed by atoms with Crippen LogP contribution < -0.4 is 0 Å². The Balaban J connectivity index is 5.00. The number of hydrogen-bond donors (Lipinski definition) is 0. The lowest BCUT2D eigenvalue weighted by Crippen LogP contribution is -2.48. The first-order valence-electron chi connectivity index (χ1n) is 4.33. The van der Waals surface area contributed by atoms with Crippen molar-refractivity contribution in [3.05, 3.63) is 38.0 Å². The molecule has 0 saturated heterocycles. The molecule has 0 heterocycles. The number of hydrogen-bond acceptors (Lipinski definition) is 0. The van der Waals surface area contributed by atoms with Gasteiger partial charge in [0.1, 0.15) is 0 Å². The van der Waals surface area contributed by atoms with Crippen LogP contribution in [0.1, 0.15) is 0 Å². The van der Waals surface area contributed by atoms with Crippen LogP contribution in [0.3, 0.4) is 0 Å². The van der Waals surface area contributed by atoms with Crippen molar-refractivity contribution in [2.45, 2.75) is 23.1 Å². The van der Waals surface area contributed by atoms with Crippen LogP contribution in [0, 0.1) is 0 Å². The zero-order valence-electron chi connectivity index (χ0n) is 8.11. The minimum Gasteiger partial charge on any atom is -0.194 e. The Bertz CT molecular complexity index is 194. The van der Waals surface area contributed by atoms with Gasteiger partial charge in [0, 0.05) is 0 Å². The van der Waals surface area contributed by atoms with Crippen LogP contribution in [0.5, 0.6) is 0 Å². The molecule has 0 aromatic heterocycles. The summed E-state index contributed by atoms with van der Waals surface area (Å²) >= 11 is 5.18. The lowest BCUT2D eigenvalue weighted by molar-refractivity contribution is 0.176. The number of rotatable bonds is 7. The molecule has 14 heavy (non-hydrogen) atoms. The van der Waals surface area contributed by atoms with Crippen LogP contribution in [-0.2, 0) is 0 Å². The Kier molecular flexibility index (Phi) is 5.30. The number of halogens is 3. The molecule has 0 bridgehead atoms. The molecule has 0 rings (SSSR count). The van der Waals surface area contributed by atoms with Crippen molar-refractivity contribution >= 4 is 19.7 Å². The van der Waals surface area contributed by atoms with E-state index in [1.165, 1.54) is 18.2 Å². The molecule has 0 spiro atoms. The molecular formula is C10H15ClF2Si. The van der Waals surface area contributed by atoms with Gasteiger partial charge in [0.25, 0.3) is 5.00 Å². The molecule has 0 N–H and O–H groups in total. The fourth-order valence-electron chi connectivity index (χ4n) is 1.43. The summed E-state index contributed by atoms with van der Waals surface area (Å²) in [5.41, 5.74) is 0. The van der Waals surface area contributed by atoms with Crippen LogP contribution in [0.15, 0.2) is 38.0 Å². The zero-order valence-corrected chi connectivity index (χ0v) is 9.86. The fraction of sp³-hybridized carbons (Fsp3) is 0.400. The van der Waals surface area contributed by atoms with Crippen molar-refractivity contribution < 1.29 is 8.78 Å². The molecule has 0 radical (unpaired) electrons. The largest absolute Gasteiger partial charge is 0.300 e. The first kappa shape index (κ1) is 13.6. The molecule has 0 saturated carbocycles. The van der Waals surface area contributed by atoms with Gasteiger partial charge in [0.05, 0.1) is 0 Å². The minimum absolute atomic E-state index is 0.279.